The van der Waals surface area contributed by atoms with Crippen molar-refractivity contribution in [3.8, 4) is 0 Å². The summed E-state index contributed by atoms with van der Waals surface area (Å²) in [5, 5.41) is 2.89. The summed E-state index contributed by atoms with van der Waals surface area (Å²) in [6.07, 6.45) is 1.43. The van der Waals surface area contributed by atoms with Crippen LogP contribution in [0.1, 0.15) is 10.4 Å². The van der Waals surface area contributed by atoms with E-state index in [0.717, 1.165) is 10.4 Å². The molecule has 0 radical (unpaired) electrons. The van der Waals surface area contributed by atoms with Crippen LogP contribution in [0.4, 0.5) is 15.8 Å². The minimum absolute atomic E-state index is 0.0261. The van der Waals surface area contributed by atoms with Crippen molar-refractivity contribution in [2.75, 3.05) is 16.2 Å². The fourth-order valence-electron chi connectivity index (χ4n) is 2.81. The maximum atomic E-state index is 13.9. The zero-order valence-electron chi connectivity index (χ0n) is 16.1. The maximum Gasteiger partial charge on any atom is 0.264 e. The van der Waals surface area contributed by atoms with Crippen LogP contribution in [-0.2, 0) is 10.0 Å². The van der Waals surface area contributed by atoms with Gasteiger partial charge < -0.3 is 5.32 Å². The van der Waals surface area contributed by atoms with Gasteiger partial charge in [-0.25, -0.2) is 12.8 Å². The number of nitrogens with one attached hydrogen (secondary N) is 1. The number of para-hydroxylation sites is 1. The molecule has 3 rings (SSSR count). The topological polar surface area (TPSA) is 66.5 Å². The number of hydrogen-bond donors (Lipinski definition) is 1. The standard InChI is InChI=1S/C22H17Cl2FN2O3S/c1-2-12-27(21-9-4-3-8-18(21)24)31(29,30)17-7-5-6-15(13-17)22(28)26-20-14-16(23)10-11-19(20)25/h2-11,13-14H,1,12H2,(H,26,28). The molecule has 3 aromatic carbocycles. The molecule has 1 amide bonds. The lowest BCUT2D eigenvalue weighted by atomic mass is 10.2. The van der Waals surface area contributed by atoms with Crippen molar-refractivity contribution >= 4 is 50.5 Å². The summed E-state index contributed by atoms with van der Waals surface area (Å²) >= 11 is 12.0. The zero-order chi connectivity index (χ0) is 22.6. The fraction of sp³-hybridized carbons (Fsp3) is 0.0455. The third-order valence-electron chi connectivity index (χ3n) is 4.28. The number of hydrogen-bond acceptors (Lipinski definition) is 3. The Morgan fingerprint density at radius 2 is 1.81 bits per heavy atom. The molecule has 3 aromatic rings. The van der Waals surface area contributed by atoms with Gasteiger partial charge in [0, 0.05) is 10.6 Å². The lowest BCUT2D eigenvalue weighted by molar-refractivity contribution is 0.102. The van der Waals surface area contributed by atoms with Crippen molar-refractivity contribution in [3.63, 3.8) is 0 Å². The van der Waals surface area contributed by atoms with Crippen LogP contribution in [0.15, 0.2) is 84.3 Å². The van der Waals surface area contributed by atoms with Crippen molar-refractivity contribution < 1.29 is 17.6 Å². The molecule has 9 heteroatoms. The highest BCUT2D eigenvalue weighted by Crippen LogP contribution is 2.30. The molecular formula is C22H17Cl2FN2O3S. The van der Waals surface area contributed by atoms with Crippen LogP contribution in [0.2, 0.25) is 10.0 Å². The summed E-state index contributed by atoms with van der Waals surface area (Å²) < 4.78 is 41.7. The first-order valence-corrected chi connectivity index (χ1v) is 11.2. The molecule has 0 unspecified atom stereocenters. The summed E-state index contributed by atoms with van der Waals surface area (Å²) in [6, 6.07) is 15.6. The van der Waals surface area contributed by atoms with Crippen LogP contribution in [0.3, 0.4) is 0 Å². The number of amides is 1. The Hall–Kier alpha value is -2.87. The van der Waals surface area contributed by atoms with E-state index in [0.29, 0.717) is 0 Å². The van der Waals surface area contributed by atoms with Gasteiger partial charge >= 0.3 is 0 Å². The second-order valence-corrected chi connectivity index (χ2v) is 9.09. The van der Waals surface area contributed by atoms with Crippen LogP contribution in [0.25, 0.3) is 0 Å². The van der Waals surface area contributed by atoms with E-state index in [1.54, 1.807) is 24.3 Å². The van der Waals surface area contributed by atoms with Gasteiger partial charge in [0.25, 0.3) is 15.9 Å². The van der Waals surface area contributed by atoms with E-state index in [-0.39, 0.29) is 38.4 Å². The van der Waals surface area contributed by atoms with Gasteiger partial charge in [0.15, 0.2) is 0 Å². The number of carbonyl (C=O) groups excluding carboxylic acids is 1. The molecule has 5 nitrogen and oxygen atoms in total. The van der Waals surface area contributed by atoms with Crippen LogP contribution in [0.5, 0.6) is 0 Å². The average Bonchev–Trinajstić information content (AvgIpc) is 2.75. The molecule has 0 heterocycles. The Balaban J connectivity index is 1.97. The Labute approximate surface area is 189 Å². The van der Waals surface area contributed by atoms with E-state index in [9.17, 15) is 17.6 Å². The molecule has 160 valence electrons. The lowest BCUT2D eigenvalue weighted by Gasteiger charge is -2.24. The van der Waals surface area contributed by atoms with Gasteiger partial charge in [-0.15, -0.1) is 6.58 Å². The van der Waals surface area contributed by atoms with Crippen molar-refractivity contribution in [3.05, 3.63) is 101 Å². The first kappa shape index (κ1) is 22.8. The number of rotatable bonds is 7. The van der Waals surface area contributed by atoms with Gasteiger partial charge in [0.1, 0.15) is 5.82 Å². The van der Waals surface area contributed by atoms with Crippen molar-refractivity contribution in [1.29, 1.82) is 0 Å². The second kappa shape index (κ2) is 9.51. The maximum absolute atomic E-state index is 13.9. The molecule has 31 heavy (non-hydrogen) atoms. The smallest absolute Gasteiger partial charge is 0.264 e. The fourth-order valence-corrected chi connectivity index (χ4v) is 4.77. The largest absolute Gasteiger partial charge is 0.319 e. The van der Waals surface area contributed by atoms with E-state index in [1.807, 2.05) is 0 Å². The Bertz CT molecular complexity index is 1250. The summed E-state index contributed by atoms with van der Waals surface area (Å²) in [7, 11) is -4.08. The van der Waals surface area contributed by atoms with Crippen LogP contribution >= 0.6 is 23.2 Å². The Kier molecular flexibility index (Phi) is 7.00. The molecule has 0 bridgehead atoms. The molecule has 0 fully saturated rings. The minimum Gasteiger partial charge on any atom is -0.319 e. The van der Waals surface area contributed by atoms with E-state index < -0.39 is 21.7 Å². The zero-order valence-corrected chi connectivity index (χ0v) is 18.4. The third kappa shape index (κ3) is 5.07. The van der Waals surface area contributed by atoms with E-state index >= 15 is 0 Å². The highest BCUT2D eigenvalue weighted by atomic mass is 35.5. The monoisotopic (exact) mass is 478 g/mol. The van der Waals surface area contributed by atoms with Gasteiger partial charge in [-0.05, 0) is 48.5 Å². The third-order valence-corrected chi connectivity index (χ3v) is 6.61. The molecule has 0 atom stereocenters. The second-order valence-electron chi connectivity index (χ2n) is 6.38. The predicted molar refractivity (Wildman–Crippen MR) is 122 cm³/mol. The quantitative estimate of drug-likeness (QED) is 0.438. The summed E-state index contributed by atoms with van der Waals surface area (Å²) in [5.41, 5.74) is 0.188. The molecule has 1 N–H and O–H groups in total. The number of carbonyl (C=O) groups is 1. The van der Waals surface area contributed by atoms with Crippen LogP contribution < -0.4 is 9.62 Å². The average molecular weight is 479 g/mol. The van der Waals surface area contributed by atoms with E-state index in [1.165, 1.54) is 42.5 Å². The number of anilines is 2. The summed E-state index contributed by atoms with van der Waals surface area (Å²) in [6.45, 7) is 3.58. The summed E-state index contributed by atoms with van der Waals surface area (Å²) in [5.74, 6) is -1.36. The molecule has 0 saturated carbocycles. The van der Waals surface area contributed by atoms with Gasteiger partial charge in [0.05, 0.1) is 27.8 Å². The lowest BCUT2D eigenvalue weighted by Crippen LogP contribution is -2.31. The Morgan fingerprint density at radius 1 is 1.06 bits per heavy atom. The summed E-state index contributed by atoms with van der Waals surface area (Å²) in [4.78, 5) is 12.5. The predicted octanol–water partition coefficient (Wildman–Crippen LogP) is 5.77. The van der Waals surface area contributed by atoms with Gasteiger partial charge in [-0.2, -0.15) is 0 Å². The van der Waals surface area contributed by atoms with Crippen molar-refractivity contribution in [2.24, 2.45) is 0 Å². The minimum atomic E-state index is -4.08. The van der Waals surface area contributed by atoms with E-state index in [2.05, 4.69) is 11.9 Å². The molecule has 0 saturated heterocycles. The van der Waals surface area contributed by atoms with Crippen molar-refractivity contribution in [1.82, 2.24) is 0 Å². The first-order chi connectivity index (χ1) is 14.7. The normalized spacial score (nSPS) is 11.1. The van der Waals surface area contributed by atoms with Crippen molar-refractivity contribution in [2.45, 2.75) is 4.90 Å². The van der Waals surface area contributed by atoms with E-state index in [4.69, 9.17) is 23.2 Å². The Morgan fingerprint density at radius 3 is 2.52 bits per heavy atom. The molecular weight excluding hydrogens is 462 g/mol. The SMILES string of the molecule is C=CCN(c1ccccc1Cl)S(=O)(=O)c1cccc(C(=O)Nc2cc(Cl)ccc2F)c1. The van der Waals surface area contributed by atoms with Gasteiger partial charge in [-0.1, -0.05) is 47.5 Å². The molecule has 0 spiro atoms. The van der Waals surface area contributed by atoms with Gasteiger partial charge in [-0.3, -0.25) is 9.10 Å². The molecule has 0 aliphatic rings. The number of benzene rings is 3. The van der Waals surface area contributed by atoms with Crippen LogP contribution in [0, 0.1) is 5.82 Å². The number of halogens is 3. The highest BCUT2D eigenvalue weighted by Gasteiger charge is 2.26. The number of sulfonamides is 1. The first-order valence-electron chi connectivity index (χ1n) is 8.98. The van der Waals surface area contributed by atoms with Crippen LogP contribution in [-0.4, -0.2) is 20.9 Å². The molecule has 0 aliphatic carbocycles. The molecule has 0 aromatic heterocycles. The number of nitrogens with zero attached hydrogens (tertiary/aromatic N) is 1. The van der Waals surface area contributed by atoms with Gasteiger partial charge in [0.2, 0.25) is 0 Å². The highest BCUT2D eigenvalue weighted by molar-refractivity contribution is 7.92. The molecule has 0 aliphatic heterocycles.